The molecule has 1 aliphatic rings. The summed E-state index contributed by atoms with van der Waals surface area (Å²) in [7, 11) is -4.01. The van der Waals surface area contributed by atoms with Crippen LogP contribution in [0.3, 0.4) is 0 Å². The lowest BCUT2D eigenvalue weighted by molar-refractivity contribution is -0.137. The molecule has 0 saturated carbocycles. The molecule has 0 bridgehead atoms. The first-order valence-corrected chi connectivity index (χ1v) is 10.2. The minimum Gasteiger partial charge on any atom is -0.381 e. The van der Waals surface area contributed by atoms with Gasteiger partial charge >= 0.3 is 6.18 Å². The number of sulfonamides is 1. The first-order valence-electron chi connectivity index (χ1n) is 7.26. The number of alkyl halides is 3. The van der Waals surface area contributed by atoms with Crippen LogP contribution in [0.2, 0.25) is 5.02 Å². The van der Waals surface area contributed by atoms with Crippen molar-refractivity contribution in [1.29, 1.82) is 0 Å². The Balaban J connectivity index is 1.95. The van der Waals surface area contributed by atoms with Gasteiger partial charge in [-0.2, -0.15) is 24.9 Å². The number of nitrogens with one attached hydrogen (secondary N) is 1. The van der Waals surface area contributed by atoms with E-state index in [1.165, 1.54) is 0 Å². The van der Waals surface area contributed by atoms with Crippen molar-refractivity contribution in [3.63, 3.8) is 0 Å². The molecule has 1 aromatic carbocycles. The van der Waals surface area contributed by atoms with Crippen LogP contribution >= 0.6 is 23.4 Å². The highest BCUT2D eigenvalue weighted by molar-refractivity contribution is 8.00. The van der Waals surface area contributed by atoms with E-state index in [1.54, 1.807) is 11.8 Å². The summed E-state index contributed by atoms with van der Waals surface area (Å²) < 4.78 is 70.3. The Bertz CT molecular complexity index is 662. The Morgan fingerprint density at radius 1 is 1.29 bits per heavy atom. The third kappa shape index (κ3) is 5.52. The van der Waals surface area contributed by atoms with Gasteiger partial charge in [-0.15, -0.1) is 0 Å². The fourth-order valence-electron chi connectivity index (χ4n) is 2.22. The maximum Gasteiger partial charge on any atom is 0.417 e. The molecule has 0 atom stereocenters. The van der Waals surface area contributed by atoms with Crippen LogP contribution < -0.4 is 4.72 Å². The quantitative estimate of drug-likeness (QED) is 0.738. The second kappa shape index (κ2) is 8.27. The smallest absolute Gasteiger partial charge is 0.381 e. The van der Waals surface area contributed by atoms with Crippen molar-refractivity contribution in [2.75, 3.05) is 25.5 Å². The van der Waals surface area contributed by atoms with Crippen LogP contribution in [0.5, 0.6) is 0 Å². The Hall–Kier alpha value is -0.480. The van der Waals surface area contributed by atoms with Crippen LogP contribution in [0.1, 0.15) is 18.4 Å². The molecule has 1 heterocycles. The van der Waals surface area contributed by atoms with Crippen molar-refractivity contribution >= 4 is 33.4 Å². The van der Waals surface area contributed by atoms with Gasteiger partial charge in [-0.05, 0) is 31.0 Å². The van der Waals surface area contributed by atoms with Gasteiger partial charge in [0.25, 0.3) is 0 Å². The van der Waals surface area contributed by atoms with E-state index in [4.69, 9.17) is 16.3 Å². The number of hydrogen-bond donors (Lipinski definition) is 1. The van der Waals surface area contributed by atoms with Gasteiger partial charge in [-0.25, -0.2) is 13.1 Å². The summed E-state index contributed by atoms with van der Waals surface area (Å²) in [5, 5.41) is -0.104. The molecule has 136 valence electrons. The number of benzene rings is 1. The van der Waals surface area contributed by atoms with E-state index in [-0.39, 0.29) is 6.54 Å². The summed E-state index contributed by atoms with van der Waals surface area (Å²) in [6.07, 6.45) is -2.87. The largest absolute Gasteiger partial charge is 0.417 e. The number of thioether (sulfide) groups is 1. The second-order valence-corrected chi connectivity index (χ2v) is 8.80. The molecular formula is C14H17ClF3NO3S2. The summed E-state index contributed by atoms with van der Waals surface area (Å²) in [5.41, 5.74) is -1.16. The Labute approximate surface area is 148 Å². The Morgan fingerprint density at radius 3 is 2.58 bits per heavy atom. The average molecular weight is 404 g/mol. The van der Waals surface area contributed by atoms with E-state index >= 15 is 0 Å². The van der Waals surface area contributed by atoms with Gasteiger partial charge in [-0.3, -0.25) is 0 Å². The van der Waals surface area contributed by atoms with Crippen LogP contribution in [0, 0.1) is 0 Å². The molecule has 10 heteroatoms. The van der Waals surface area contributed by atoms with Crippen LogP contribution in [0.25, 0.3) is 0 Å². The van der Waals surface area contributed by atoms with Crippen LogP contribution in [0.15, 0.2) is 23.1 Å². The second-order valence-electron chi connectivity index (χ2n) is 5.22. The minimum absolute atomic E-state index is 0.147. The van der Waals surface area contributed by atoms with Gasteiger partial charge < -0.3 is 4.74 Å². The monoisotopic (exact) mass is 403 g/mol. The molecule has 0 spiro atoms. The fourth-order valence-corrected chi connectivity index (χ4v) is 4.71. The van der Waals surface area contributed by atoms with Gasteiger partial charge in [0.15, 0.2) is 0 Å². The van der Waals surface area contributed by atoms with Crippen LogP contribution in [-0.2, 0) is 20.9 Å². The number of hydrogen-bond acceptors (Lipinski definition) is 4. The summed E-state index contributed by atoms with van der Waals surface area (Å²) in [6.45, 7) is 1.55. The van der Waals surface area contributed by atoms with Gasteiger partial charge in [0, 0.05) is 30.8 Å². The highest BCUT2D eigenvalue weighted by atomic mass is 35.5. The fraction of sp³-hybridized carbons (Fsp3) is 0.571. The van der Waals surface area contributed by atoms with Gasteiger partial charge in [0.1, 0.15) is 0 Å². The van der Waals surface area contributed by atoms with Crippen LogP contribution in [-0.4, -0.2) is 39.2 Å². The molecule has 0 radical (unpaired) electrons. The normalized spacial score (nSPS) is 17.2. The molecular weight excluding hydrogens is 387 g/mol. The minimum atomic E-state index is -4.71. The van der Waals surface area contributed by atoms with Gasteiger partial charge in [0.2, 0.25) is 10.0 Å². The van der Waals surface area contributed by atoms with Gasteiger partial charge in [0.05, 0.1) is 15.5 Å². The predicted octanol–water partition coefficient (Wildman–Crippen LogP) is 3.55. The molecule has 1 aliphatic heterocycles. The lowest BCUT2D eigenvalue weighted by Gasteiger charge is -2.21. The number of rotatable bonds is 6. The molecule has 0 aromatic heterocycles. The lowest BCUT2D eigenvalue weighted by atomic mass is 10.2. The van der Waals surface area contributed by atoms with E-state index in [0.29, 0.717) is 30.3 Å². The summed E-state index contributed by atoms with van der Waals surface area (Å²) >= 11 is 7.13. The average Bonchev–Trinajstić information content (AvgIpc) is 2.52. The molecule has 1 fully saturated rings. The molecule has 1 N–H and O–H groups in total. The number of ether oxygens (including phenoxy) is 1. The predicted molar refractivity (Wildman–Crippen MR) is 87.9 cm³/mol. The van der Waals surface area contributed by atoms with E-state index in [1.807, 2.05) is 0 Å². The number of halogens is 4. The first-order chi connectivity index (χ1) is 11.2. The zero-order chi connectivity index (χ0) is 17.8. The van der Waals surface area contributed by atoms with Crippen molar-refractivity contribution in [1.82, 2.24) is 4.72 Å². The molecule has 1 saturated heterocycles. The third-order valence-corrected chi connectivity index (χ3v) is 6.64. The van der Waals surface area contributed by atoms with Crippen molar-refractivity contribution in [2.45, 2.75) is 29.2 Å². The third-order valence-electron chi connectivity index (χ3n) is 3.47. The van der Waals surface area contributed by atoms with Gasteiger partial charge in [-0.1, -0.05) is 11.6 Å². The SMILES string of the molecule is O=S(=O)(NCCSC1CCOCC1)c1ccc(Cl)c(C(F)(F)F)c1. The molecule has 2 rings (SSSR count). The first kappa shape index (κ1) is 19.8. The molecule has 0 amide bonds. The van der Waals surface area contributed by atoms with E-state index in [0.717, 1.165) is 25.0 Å². The highest BCUT2D eigenvalue weighted by Crippen LogP contribution is 2.35. The van der Waals surface area contributed by atoms with Crippen molar-refractivity contribution < 1.29 is 26.3 Å². The maximum absolute atomic E-state index is 12.8. The summed E-state index contributed by atoms with van der Waals surface area (Å²) in [5.74, 6) is 0.545. The standard InChI is InChI=1S/C14H17ClF3NO3S2/c15-13-2-1-11(9-12(13)14(16,17)18)24(20,21)19-5-8-23-10-3-6-22-7-4-10/h1-2,9-10,19H,3-8H2. The zero-order valence-electron chi connectivity index (χ0n) is 12.6. The lowest BCUT2D eigenvalue weighted by Crippen LogP contribution is -2.27. The van der Waals surface area contributed by atoms with Crippen molar-refractivity contribution in [2.24, 2.45) is 0 Å². The molecule has 1 aromatic rings. The topological polar surface area (TPSA) is 55.4 Å². The Morgan fingerprint density at radius 2 is 1.96 bits per heavy atom. The van der Waals surface area contributed by atoms with Crippen molar-refractivity contribution in [3.8, 4) is 0 Å². The molecule has 0 aliphatic carbocycles. The maximum atomic E-state index is 12.8. The highest BCUT2D eigenvalue weighted by Gasteiger charge is 2.34. The molecule has 4 nitrogen and oxygen atoms in total. The summed E-state index contributed by atoms with van der Waals surface area (Å²) in [4.78, 5) is -0.449. The zero-order valence-corrected chi connectivity index (χ0v) is 15.0. The van der Waals surface area contributed by atoms with E-state index < -0.39 is 31.7 Å². The summed E-state index contributed by atoms with van der Waals surface area (Å²) in [6, 6.07) is 2.55. The van der Waals surface area contributed by atoms with E-state index in [2.05, 4.69) is 4.72 Å². The Kier molecular flexibility index (Phi) is 6.83. The van der Waals surface area contributed by atoms with Crippen LogP contribution in [0.4, 0.5) is 13.2 Å². The molecule has 24 heavy (non-hydrogen) atoms. The molecule has 0 unspecified atom stereocenters. The van der Waals surface area contributed by atoms with Crippen molar-refractivity contribution in [3.05, 3.63) is 28.8 Å². The van der Waals surface area contributed by atoms with E-state index in [9.17, 15) is 21.6 Å².